The van der Waals surface area contributed by atoms with E-state index in [1.54, 1.807) is 10.9 Å². The van der Waals surface area contributed by atoms with E-state index in [0.717, 1.165) is 22.2 Å². The molecule has 6 heteroatoms. The largest absolute Gasteiger partial charge is 1.00 e. The van der Waals surface area contributed by atoms with Gasteiger partial charge >= 0.3 is 18.9 Å². The molecule has 0 fully saturated rings. The zero-order chi connectivity index (χ0) is 12.5. The second-order valence-corrected chi connectivity index (χ2v) is 4.12. The molecule has 0 unspecified atom stereocenters. The predicted octanol–water partition coefficient (Wildman–Crippen LogP) is -1.22. The number of benzene rings is 1. The van der Waals surface area contributed by atoms with Crippen LogP contribution in [-0.2, 0) is 0 Å². The maximum Gasteiger partial charge on any atom is 1.00 e. The smallest absolute Gasteiger partial charge is 0.385 e. The van der Waals surface area contributed by atoms with Gasteiger partial charge in [-0.15, -0.1) is 16.2 Å². The summed E-state index contributed by atoms with van der Waals surface area (Å²) in [5.74, 6) is 0.521. The molecule has 0 aliphatic rings. The summed E-state index contributed by atoms with van der Waals surface area (Å²) in [5, 5.41) is 8.20. The van der Waals surface area contributed by atoms with Gasteiger partial charge < -0.3 is 5.73 Å². The third-order valence-corrected chi connectivity index (χ3v) is 2.81. The number of nitrogens with zero attached hydrogens (tertiary/aromatic N) is 4. The molecule has 2 heterocycles. The standard InChI is InChI=1S/C13H12N5.Li/c1-9-6-13(14)15-7-10(9)8-18-12-5-3-2-4-11(12)16-17-18;/h2-8H,1H3,(H2,14,15);/q-1;+1. The Kier molecular flexibility index (Phi) is 3.79. The SMILES string of the molecule is Cc1cc(N)ncc1[CH-]n1nnc2ccccc21.[Li+]. The molecule has 0 aliphatic carbocycles. The number of rotatable bonds is 2. The van der Waals surface area contributed by atoms with E-state index < -0.39 is 0 Å². The minimum Gasteiger partial charge on any atom is -0.385 e. The van der Waals surface area contributed by atoms with Crippen LogP contribution in [0.5, 0.6) is 0 Å². The van der Waals surface area contributed by atoms with Gasteiger partial charge in [-0.1, -0.05) is 42.9 Å². The molecule has 3 aromatic rings. The van der Waals surface area contributed by atoms with E-state index in [9.17, 15) is 0 Å². The Morgan fingerprint density at radius 3 is 2.84 bits per heavy atom. The van der Waals surface area contributed by atoms with Gasteiger partial charge in [0.05, 0.1) is 5.52 Å². The summed E-state index contributed by atoms with van der Waals surface area (Å²) >= 11 is 0. The van der Waals surface area contributed by atoms with Gasteiger partial charge in [-0.05, 0) is 12.3 Å². The molecule has 0 bridgehead atoms. The third-order valence-electron chi connectivity index (χ3n) is 2.81. The topological polar surface area (TPSA) is 69.6 Å². The van der Waals surface area contributed by atoms with E-state index in [-0.39, 0.29) is 18.9 Å². The van der Waals surface area contributed by atoms with Crippen molar-refractivity contribution in [3.8, 4) is 0 Å². The number of aryl methyl sites for hydroxylation is 1. The van der Waals surface area contributed by atoms with Crippen molar-refractivity contribution in [3.05, 3.63) is 54.2 Å². The van der Waals surface area contributed by atoms with Gasteiger partial charge in [0.15, 0.2) is 0 Å². The van der Waals surface area contributed by atoms with E-state index in [2.05, 4.69) is 15.3 Å². The molecule has 0 radical (unpaired) electrons. The second-order valence-electron chi connectivity index (χ2n) is 4.12. The molecule has 0 spiro atoms. The number of aromatic nitrogens is 4. The Morgan fingerprint density at radius 1 is 1.26 bits per heavy atom. The van der Waals surface area contributed by atoms with Gasteiger partial charge in [0, 0.05) is 5.52 Å². The first kappa shape index (κ1) is 13.5. The minimum atomic E-state index is 0. The van der Waals surface area contributed by atoms with Crippen molar-refractivity contribution in [1.29, 1.82) is 0 Å². The number of nitrogens with two attached hydrogens (primary N) is 1. The van der Waals surface area contributed by atoms with Crippen LogP contribution in [0.4, 0.5) is 5.82 Å². The summed E-state index contributed by atoms with van der Waals surface area (Å²) in [4.78, 5) is 4.09. The van der Waals surface area contributed by atoms with Crippen molar-refractivity contribution in [3.63, 3.8) is 0 Å². The van der Waals surface area contributed by atoms with Crippen LogP contribution in [0.15, 0.2) is 36.5 Å². The van der Waals surface area contributed by atoms with E-state index in [1.165, 1.54) is 0 Å². The van der Waals surface area contributed by atoms with Crippen LogP contribution in [0.2, 0.25) is 0 Å². The van der Waals surface area contributed by atoms with E-state index >= 15 is 0 Å². The Bertz CT molecular complexity index is 707. The van der Waals surface area contributed by atoms with Crippen molar-refractivity contribution >= 4 is 16.9 Å². The van der Waals surface area contributed by atoms with E-state index in [4.69, 9.17) is 5.73 Å². The molecular weight excluding hydrogens is 233 g/mol. The Balaban J connectivity index is 0.00000133. The molecule has 0 aliphatic heterocycles. The summed E-state index contributed by atoms with van der Waals surface area (Å²) < 4.78 is 1.75. The van der Waals surface area contributed by atoms with Gasteiger partial charge in [0.25, 0.3) is 0 Å². The fourth-order valence-electron chi connectivity index (χ4n) is 1.84. The monoisotopic (exact) mass is 245 g/mol. The van der Waals surface area contributed by atoms with Crippen molar-refractivity contribution < 1.29 is 18.9 Å². The third kappa shape index (κ3) is 2.57. The van der Waals surface area contributed by atoms with Gasteiger partial charge in [0.1, 0.15) is 5.82 Å². The molecule has 3 rings (SSSR count). The maximum absolute atomic E-state index is 5.63. The number of pyridine rings is 1. The summed E-state index contributed by atoms with van der Waals surface area (Å²) in [6.07, 6.45) is 1.74. The zero-order valence-corrected chi connectivity index (χ0v) is 10.9. The fourth-order valence-corrected chi connectivity index (χ4v) is 1.84. The van der Waals surface area contributed by atoms with Crippen molar-refractivity contribution in [2.45, 2.75) is 6.92 Å². The first-order valence-electron chi connectivity index (χ1n) is 5.61. The minimum absolute atomic E-state index is 0. The molecule has 0 saturated heterocycles. The van der Waals surface area contributed by atoms with Crippen LogP contribution in [0.25, 0.3) is 11.0 Å². The molecule has 2 aromatic heterocycles. The molecule has 0 atom stereocenters. The summed E-state index contributed by atoms with van der Waals surface area (Å²) in [7, 11) is 0. The molecule has 90 valence electrons. The zero-order valence-electron chi connectivity index (χ0n) is 10.9. The summed E-state index contributed by atoms with van der Waals surface area (Å²) in [6.45, 7) is 3.89. The fraction of sp³-hybridized carbons (Fsp3) is 0.0769. The van der Waals surface area contributed by atoms with Crippen molar-refractivity contribution in [1.82, 2.24) is 20.0 Å². The Hall–Kier alpha value is -1.96. The number of fused-ring (bicyclic) bond motifs is 1. The number of para-hydroxylation sites is 1. The normalized spacial score (nSPS) is 10.2. The van der Waals surface area contributed by atoms with Crippen LogP contribution in [0.1, 0.15) is 11.1 Å². The quantitative estimate of drug-likeness (QED) is 0.454. The van der Waals surface area contributed by atoms with Crippen LogP contribution in [0.3, 0.4) is 0 Å². The number of nitrogen functional groups attached to an aromatic ring is 1. The molecular formula is C13H12LiN5. The van der Waals surface area contributed by atoms with Gasteiger partial charge in [-0.2, -0.15) is 0 Å². The van der Waals surface area contributed by atoms with Crippen LogP contribution < -0.4 is 24.6 Å². The molecule has 1 aromatic carbocycles. The van der Waals surface area contributed by atoms with E-state index in [0.29, 0.717) is 5.82 Å². The maximum atomic E-state index is 5.63. The molecule has 5 nitrogen and oxygen atoms in total. The number of hydrogen-bond acceptors (Lipinski definition) is 4. The van der Waals surface area contributed by atoms with Crippen molar-refractivity contribution in [2.24, 2.45) is 0 Å². The molecule has 19 heavy (non-hydrogen) atoms. The second kappa shape index (κ2) is 5.35. The average Bonchev–Trinajstić information content (AvgIpc) is 2.76. The molecule has 2 N–H and O–H groups in total. The first-order valence-corrected chi connectivity index (χ1v) is 5.61. The average molecular weight is 245 g/mol. The van der Waals surface area contributed by atoms with Crippen LogP contribution in [-0.4, -0.2) is 20.0 Å². The Morgan fingerprint density at radius 2 is 2.05 bits per heavy atom. The summed E-state index contributed by atoms with van der Waals surface area (Å²) in [6, 6.07) is 9.65. The molecule has 0 saturated carbocycles. The van der Waals surface area contributed by atoms with Crippen molar-refractivity contribution in [2.75, 3.05) is 5.73 Å². The van der Waals surface area contributed by atoms with Gasteiger partial charge in [-0.3, -0.25) is 9.67 Å². The Labute approximate surface area is 123 Å². The van der Waals surface area contributed by atoms with Gasteiger partial charge in [-0.25, -0.2) is 0 Å². The first-order chi connectivity index (χ1) is 8.74. The summed E-state index contributed by atoms with van der Waals surface area (Å²) in [5.41, 5.74) is 9.50. The number of hydrogen-bond donors (Lipinski definition) is 1. The number of anilines is 1. The van der Waals surface area contributed by atoms with Gasteiger partial charge in [0.2, 0.25) is 0 Å². The van der Waals surface area contributed by atoms with Crippen LogP contribution in [0, 0.1) is 13.5 Å². The van der Waals surface area contributed by atoms with Crippen LogP contribution >= 0.6 is 0 Å². The van der Waals surface area contributed by atoms with E-state index in [1.807, 2.05) is 43.8 Å². The molecule has 0 amide bonds. The predicted molar refractivity (Wildman–Crippen MR) is 69.7 cm³/mol.